The van der Waals surface area contributed by atoms with Gasteiger partial charge >= 0.3 is 6.03 Å². The molecule has 41 heavy (non-hydrogen) atoms. The van der Waals surface area contributed by atoms with Crippen LogP contribution in [0, 0.1) is 0 Å². The molecule has 6 rings (SSSR count). The number of amides is 3. The van der Waals surface area contributed by atoms with Crippen LogP contribution in [0.4, 0.5) is 16.3 Å². The minimum absolute atomic E-state index is 0.0449. The lowest BCUT2D eigenvalue weighted by Gasteiger charge is -2.39. The molecule has 0 N–H and O–H groups in total. The standard InChI is InChI=1S/C28H32Cl2N8O2S/c29-21-17-31-18-22(30)25(21)35-11-13-36(14-12-35)27(39)23-19-41-26(33-23)20-4-7-37(8-5-20)28(40)38-15-9-34(10-16-38)24-3-1-2-6-32-24/h1-3,6,17-20H,4-5,7-16H2. The van der Waals surface area contributed by atoms with Crippen LogP contribution in [0.3, 0.4) is 0 Å². The van der Waals surface area contributed by atoms with E-state index in [2.05, 4.69) is 19.8 Å². The summed E-state index contributed by atoms with van der Waals surface area (Å²) in [7, 11) is 0. The van der Waals surface area contributed by atoms with E-state index in [0.29, 0.717) is 68.1 Å². The first-order valence-electron chi connectivity index (χ1n) is 14.0. The van der Waals surface area contributed by atoms with Crippen molar-refractivity contribution in [3.8, 4) is 0 Å². The minimum atomic E-state index is -0.0449. The van der Waals surface area contributed by atoms with Gasteiger partial charge in [-0.15, -0.1) is 11.3 Å². The quantitative estimate of drug-likeness (QED) is 0.432. The number of likely N-dealkylation sites (tertiary alicyclic amines) is 1. The fourth-order valence-electron chi connectivity index (χ4n) is 5.76. The van der Waals surface area contributed by atoms with Crippen molar-refractivity contribution in [3.05, 3.63) is 62.9 Å². The zero-order valence-corrected chi connectivity index (χ0v) is 25.0. The molecule has 0 bridgehead atoms. The molecule has 3 saturated heterocycles. The normalized spacial score (nSPS) is 18.6. The second-order valence-electron chi connectivity index (χ2n) is 10.5. The highest BCUT2D eigenvalue weighted by atomic mass is 35.5. The number of piperidine rings is 1. The Kier molecular flexibility index (Phi) is 8.45. The second-order valence-corrected chi connectivity index (χ2v) is 12.2. The Morgan fingerprint density at radius 2 is 1.44 bits per heavy atom. The summed E-state index contributed by atoms with van der Waals surface area (Å²) in [5.41, 5.74) is 1.27. The Labute approximate surface area is 253 Å². The van der Waals surface area contributed by atoms with Gasteiger partial charge in [-0.25, -0.2) is 14.8 Å². The van der Waals surface area contributed by atoms with E-state index in [1.165, 1.54) is 0 Å². The van der Waals surface area contributed by atoms with Gasteiger partial charge in [-0.3, -0.25) is 9.78 Å². The topological polar surface area (TPSA) is 89.0 Å². The molecule has 3 fully saturated rings. The monoisotopic (exact) mass is 614 g/mol. The maximum atomic E-state index is 13.2. The summed E-state index contributed by atoms with van der Waals surface area (Å²) in [5.74, 6) is 1.18. The Morgan fingerprint density at radius 3 is 2.10 bits per heavy atom. The van der Waals surface area contributed by atoms with Crippen molar-refractivity contribution in [2.75, 3.05) is 75.2 Å². The summed E-state index contributed by atoms with van der Waals surface area (Å²) in [6, 6.07) is 6.03. The molecule has 3 aromatic heterocycles. The number of piperazine rings is 2. The zero-order chi connectivity index (χ0) is 28.3. The number of urea groups is 1. The second kappa shape index (κ2) is 12.4. The third-order valence-electron chi connectivity index (χ3n) is 8.09. The van der Waals surface area contributed by atoms with E-state index in [-0.39, 0.29) is 17.9 Å². The van der Waals surface area contributed by atoms with Crippen LogP contribution in [0.25, 0.3) is 0 Å². The van der Waals surface area contributed by atoms with E-state index in [1.807, 2.05) is 38.3 Å². The van der Waals surface area contributed by atoms with Crippen LogP contribution in [0.1, 0.15) is 34.3 Å². The molecule has 0 aliphatic carbocycles. The molecular formula is C28H32Cl2N8O2S. The average Bonchev–Trinajstić information content (AvgIpc) is 3.52. The molecule has 3 aliphatic rings. The highest BCUT2D eigenvalue weighted by molar-refractivity contribution is 7.09. The van der Waals surface area contributed by atoms with Gasteiger partial charge in [0.05, 0.1) is 20.7 Å². The van der Waals surface area contributed by atoms with Gasteiger partial charge in [0.25, 0.3) is 5.91 Å². The average molecular weight is 616 g/mol. The molecule has 0 spiro atoms. The number of carbonyl (C=O) groups is 2. The Hall–Kier alpha value is -3.15. The first kappa shape index (κ1) is 28.0. The van der Waals surface area contributed by atoms with Crippen molar-refractivity contribution in [2.45, 2.75) is 18.8 Å². The van der Waals surface area contributed by atoms with Crippen molar-refractivity contribution in [1.29, 1.82) is 0 Å². The molecule has 0 atom stereocenters. The maximum Gasteiger partial charge on any atom is 0.320 e. The highest BCUT2D eigenvalue weighted by Gasteiger charge is 2.31. The van der Waals surface area contributed by atoms with Gasteiger partial charge in [0.2, 0.25) is 0 Å². The van der Waals surface area contributed by atoms with Crippen LogP contribution in [-0.2, 0) is 0 Å². The van der Waals surface area contributed by atoms with Gasteiger partial charge < -0.3 is 24.5 Å². The molecule has 0 aromatic carbocycles. The van der Waals surface area contributed by atoms with E-state index in [1.54, 1.807) is 29.9 Å². The van der Waals surface area contributed by atoms with Crippen LogP contribution < -0.4 is 9.80 Å². The number of pyridine rings is 2. The smallest absolute Gasteiger partial charge is 0.320 e. The molecule has 13 heteroatoms. The fraction of sp³-hybridized carbons (Fsp3) is 0.464. The number of hydrogen-bond donors (Lipinski definition) is 0. The zero-order valence-electron chi connectivity index (χ0n) is 22.7. The number of nitrogens with zero attached hydrogens (tertiary/aromatic N) is 8. The van der Waals surface area contributed by atoms with Crippen molar-refractivity contribution >= 4 is 58.0 Å². The summed E-state index contributed by atoms with van der Waals surface area (Å²) in [4.78, 5) is 49.7. The summed E-state index contributed by atoms with van der Waals surface area (Å²) < 4.78 is 0. The number of carbonyl (C=O) groups excluding carboxylic acids is 2. The lowest BCUT2D eigenvalue weighted by Crippen LogP contribution is -2.54. The van der Waals surface area contributed by atoms with Crippen molar-refractivity contribution in [1.82, 2.24) is 29.7 Å². The van der Waals surface area contributed by atoms with Crippen LogP contribution >= 0.6 is 34.5 Å². The Balaban J connectivity index is 0.977. The largest absolute Gasteiger partial charge is 0.365 e. The summed E-state index contributed by atoms with van der Waals surface area (Å²) in [6.45, 7) is 6.78. The van der Waals surface area contributed by atoms with E-state index in [9.17, 15) is 9.59 Å². The molecule has 0 saturated carbocycles. The lowest BCUT2D eigenvalue weighted by molar-refractivity contribution is 0.0741. The van der Waals surface area contributed by atoms with Gasteiger partial charge in [0.15, 0.2) is 0 Å². The van der Waals surface area contributed by atoms with Crippen molar-refractivity contribution in [2.24, 2.45) is 0 Å². The molecule has 0 unspecified atom stereocenters. The number of thiazole rings is 1. The third kappa shape index (κ3) is 6.07. The lowest BCUT2D eigenvalue weighted by atomic mass is 9.98. The molecule has 3 aromatic rings. The molecule has 3 aliphatic heterocycles. The number of aromatic nitrogens is 3. The number of halogens is 2. The van der Waals surface area contributed by atoms with Gasteiger partial charge in [-0.2, -0.15) is 0 Å². The van der Waals surface area contributed by atoms with Crippen LogP contribution in [0.15, 0.2) is 42.2 Å². The van der Waals surface area contributed by atoms with Gasteiger partial charge in [-0.05, 0) is 25.0 Å². The van der Waals surface area contributed by atoms with Crippen molar-refractivity contribution in [3.63, 3.8) is 0 Å². The molecule has 10 nitrogen and oxygen atoms in total. The highest BCUT2D eigenvalue weighted by Crippen LogP contribution is 2.34. The fourth-order valence-corrected chi connectivity index (χ4v) is 7.33. The van der Waals surface area contributed by atoms with E-state index in [0.717, 1.165) is 42.4 Å². The number of rotatable bonds is 4. The van der Waals surface area contributed by atoms with Crippen LogP contribution in [0.5, 0.6) is 0 Å². The number of hydrogen-bond acceptors (Lipinski definition) is 8. The SMILES string of the molecule is O=C(c1csc(C2CCN(C(=O)N3CCN(c4ccccn4)CC3)CC2)n1)N1CCN(c2c(Cl)cncc2Cl)CC1. The molecule has 0 radical (unpaired) electrons. The first-order valence-corrected chi connectivity index (χ1v) is 15.6. The third-order valence-corrected chi connectivity index (χ3v) is 9.65. The van der Waals surface area contributed by atoms with Crippen molar-refractivity contribution < 1.29 is 9.59 Å². The predicted molar refractivity (Wildman–Crippen MR) is 161 cm³/mol. The summed E-state index contributed by atoms with van der Waals surface area (Å²) in [5, 5.41) is 3.88. The van der Waals surface area contributed by atoms with Gasteiger partial charge in [0, 0.05) is 95.3 Å². The van der Waals surface area contributed by atoms with Crippen LogP contribution in [-0.4, -0.2) is 107 Å². The molecule has 3 amide bonds. The van der Waals surface area contributed by atoms with Gasteiger partial charge in [-0.1, -0.05) is 29.3 Å². The number of anilines is 2. The summed E-state index contributed by atoms with van der Waals surface area (Å²) in [6.07, 6.45) is 6.68. The van der Waals surface area contributed by atoms with E-state index in [4.69, 9.17) is 28.2 Å². The minimum Gasteiger partial charge on any atom is -0.365 e. The van der Waals surface area contributed by atoms with Crippen LogP contribution in [0.2, 0.25) is 10.0 Å². The molecule has 6 heterocycles. The van der Waals surface area contributed by atoms with Gasteiger partial charge in [0.1, 0.15) is 11.5 Å². The van der Waals surface area contributed by atoms with E-state index >= 15 is 0 Å². The Morgan fingerprint density at radius 1 is 0.805 bits per heavy atom. The Bertz CT molecular complexity index is 1350. The molecular weight excluding hydrogens is 583 g/mol. The molecule has 216 valence electrons. The summed E-state index contributed by atoms with van der Waals surface area (Å²) >= 11 is 14.2. The first-order chi connectivity index (χ1) is 20.0. The predicted octanol–water partition coefficient (Wildman–Crippen LogP) is 4.32. The maximum absolute atomic E-state index is 13.2. The van der Waals surface area contributed by atoms with E-state index < -0.39 is 0 Å².